The molecule has 0 spiro atoms. The topological polar surface area (TPSA) is 128 Å². The number of anilines is 2. The van der Waals surface area contributed by atoms with E-state index < -0.39 is 4.92 Å². The van der Waals surface area contributed by atoms with Crippen molar-refractivity contribution in [1.82, 2.24) is 9.97 Å². The Hall–Kier alpha value is -2.00. The van der Waals surface area contributed by atoms with Crippen molar-refractivity contribution in [2.24, 2.45) is 5.84 Å². The van der Waals surface area contributed by atoms with Crippen LogP contribution < -0.4 is 16.6 Å². The van der Waals surface area contributed by atoms with Crippen LogP contribution in [0.2, 0.25) is 0 Å². The quantitative estimate of drug-likeness (QED) is 0.254. The third kappa shape index (κ3) is 4.94. The average molecular weight is 284 g/mol. The summed E-state index contributed by atoms with van der Waals surface area (Å²) >= 11 is 0. The molecule has 0 saturated carbocycles. The summed E-state index contributed by atoms with van der Waals surface area (Å²) in [6, 6.07) is 0. The van der Waals surface area contributed by atoms with Gasteiger partial charge >= 0.3 is 5.69 Å². The monoisotopic (exact) mass is 284 g/mol. The van der Waals surface area contributed by atoms with E-state index >= 15 is 0 Å². The van der Waals surface area contributed by atoms with Crippen LogP contribution in [0.5, 0.6) is 0 Å². The van der Waals surface area contributed by atoms with Crippen molar-refractivity contribution in [3.8, 4) is 0 Å². The zero-order chi connectivity index (χ0) is 14.8. The van der Waals surface area contributed by atoms with Crippen LogP contribution in [0.3, 0.4) is 0 Å². The first-order valence-electron chi connectivity index (χ1n) is 6.48. The molecule has 9 nitrogen and oxygen atoms in total. The molecule has 0 fully saturated rings. The van der Waals surface area contributed by atoms with Gasteiger partial charge in [-0.05, 0) is 12.8 Å². The van der Waals surface area contributed by atoms with Crippen molar-refractivity contribution in [2.75, 3.05) is 30.5 Å². The van der Waals surface area contributed by atoms with Gasteiger partial charge in [-0.1, -0.05) is 13.3 Å². The van der Waals surface area contributed by atoms with Crippen molar-refractivity contribution < 1.29 is 9.66 Å². The van der Waals surface area contributed by atoms with Crippen LogP contribution in [0.25, 0.3) is 0 Å². The summed E-state index contributed by atoms with van der Waals surface area (Å²) in [5, 5.41) is 13.9. The van der Waals surface area contributed by atoms with Crippen molar-refractivity contribution in [1.29, 1.82) is 0 Å². The molecule has 4 N–H and O–H groups in total. The number of hydrogen-bond donors (Lipinski definition) is 3. The minimum absolute atomic E-state index is 0.0216. The van der Waals surface area contributed by atoms with Gasteiger partial charge in [-0.15, -0.1) is 0 Å². The lowest BCUT2D eigenvalue weighted by Crippen LogP contribution is -2.14. The zero-order valence-corrected chi connectivity index (χ0v) is 11.5. The molecule has 1 aromatic rings. The first kappa shape index (κ1) is 16.1. The number of unbranched alkanes of at least 4 members (excludes halogenated alkanes) is 1. The summed E-state index contributed by atoms with van der Waals surface area (Å²) in [5.74, 6) is 5.31. The van der Waals surface area contributed by atoms with Gasteiger partial charge in [0.15, 0.2) is 0 Å². The number of nitrogens with one attached hydrogen (secondary N) is 2. The van der Waals surface area contributed by atoms with Gasteiger partial charge in [0.25, 0.3) is 0 Å². The van der Waals surface area contributed by atoms with Gasteiger partial charge in [0.05, 0.1) is 4.92 Å². The maximum absolute atomic E-state index is 11.0. The molecular formula is C11H20N6O3. The van der Waals surface area contributed by atoms with Crippen LogP contribution in [-0.2, 0) is 4.74 Å². The van der Waals surface area contributed by atoms with Gasteiger partial charge in [-0.2, -0.15) is 0 Å². The first-order valence-corrected chi connectivity index (χ1v) is 6.48. The Morgan fingerprint density at radius 3 is 2.70 bits per heavy atom. The van der Waals surface area contributed by atoms with Crippen LogP contribution in [0, 0.1) is 10.1 Å². The number of ether oxygens (including phenoxy) is 1. The van der Waals surface area contributed by atoms with Crippen LogP contribution >= 0.6 is 0 Å². The smallest absolute Gasteiger partial charge is 0.354 e. The largest absolute Gasteiger partial charge is 0.381 e. The number of hydrogen-bond acceptors (Lipinski definition) is 8. The fourth-order valence-electron chi connectivity index (χ4n) is 1.52. The number of rotatable bonds is 10. The predicted molar refractivity (Wildman–Crippen MR) is 75.3 cm³/mol. The van der Waals surface area contributed by atoms with E-state index in [1.54, 1.807) is 0 Å². The number of nitrogen functional groups attached to an aromatic ring is 1. The molecule has 0 unspecified atom stereocenters. The molecule has 1 heterocycles. The van der Waals surface area contributed by atoms with E-state index in [4.69, 9.17) is 10.6 Å². The van der Waals surface area contributed by atoms with Crippen LogP contribution in [0.15, 0.2) is 6.33 Å². The lowest BCUT2D eigenvalue weighted by atomic mass is 10.3. The second kappa shape index (κ2) is 8.99. The molecule has 0 aliphatic carbocycles. The van der Waals surface area contributed by atoms with Crippen molar-refractivity contribution in [2.45, 2.75) is 26.2 Å². The van der Waals surface area contributed by atoms with E-state index in [9.17, 15) is 10.1 Å². The van der Waals surface area contributed by atoms with Crippen molar-refractivity contribution >= 4 is 17.3 Å². The second-order valence-corrected chi connectivity index (χ2v) is 4.07. The van der Waals surface area contributed by atoms with E-state index in [2.05, 4.69) is 27.6 Å². The third-order valence-electron chi connectivity index (χ3n) is 2.54. The summed E-state index contributed by atoms with van der Waals surface area (Å²) in [6.45, 7) is 3.97. The highest BCUT2D eigenvalue weighted by Gasteiger charge is 2.21. The molecule has 0 bridgehead atoms. The lowest BCUT2D eigenvalue weighted by molar-refractivity contribution is -0.383. The molecule has 112 valence electrons. The zero-order valence-electron chi connectivity index (χ0n) is 11.5. The Bertz CT molecular complexity index is 429. The number of aromatic nitrogens is 2. The lowest BCUT2D eigenvalue weighted by Gasteiger charge is -2.08. The third-order valence-corrected chi connectivity index (χ3v) is 2.54. The molecule has 0 radical (unpaired) electrons. The highest BCUT2D eigenvalue weighted by Crippen LogP contribution is 2.27. The minimum atomic E-state index is -0.574. The highest BCUT2D eigenvalue weighted by atomic mass is 16.6. The summed E-state index contributed by atoms with van der Waals surface area (Å²) in [7, 11) is 0. The highest BCUT2D eigenvalue weighted by molar-refractivity contribution is 5.68. The molecule has 0 aliphatic rings. The van der Waals surface area contributed by atoms with E-state index in [1.807, 2.05) is 0 Å². The Balaban J connectivity index is 2.45. The van der Waals surface area contributed by atoms with Gasteiger partial charge in [0.2, 0.25) is 11.6 Å². The van der Waals surface area contributed by atoms with Crippen LogP contribution in [0.1, 0.15) is 26.2 Å². The maximum atomic E-state index is 11.0. The van der Waals surface area contributed by atoms with Crippen molar-refractivity contribution in [3.63, 3.8) is 0 Å². The summed E-state index contributed by atoms with van der Waals surface area (Å²) < 4.78 is 5.40. The van der Waals surface area contributed by atoms with E-state index in [0.717, 1.165) is 25.9 Å². The van der Waals surface area contributed by atoms with Gasteiger partial charge < -0.3 is 15.5 Å². The fourth-order valence-corrected chi connectivity index (χ4v) is 1.52. The van der Waals surface area contributed by atoms with E-state index in [1.165, 1.54) is 6.33 Å². The molecule has 0 atom stereocenters. The normalized spacial score (nSPS) is 10.3. The molecule has 0 amide bonds. The molecule has 1 aromatic heterocycles. The summed E-state index contributed by atoms with van der Waals surface area (Å²) in [4.78, 5) is 18.0. The number of nitrogens with two attached hydrogens (primary N) is 1. The molecule has 0 saturated heterocycles. The van der Waals surface area contributed by atoms with Gasteiger partial charge in [-0.3, -0.25) is 10.1 Å². The van der Waals surface area contributed by atoms with Gasteiger partial charge in [0, 0.05) is 19.8 Å². The Kier molecular flexibility index (Phi) is 7.22. The molecule has 9 heteroatoms. The predicted octanol–water partition coefficient (Wildman–Crippen LogP) is 1.29. The standard InChI is InChI=1S/C11H20N6O3/c1-2-3-6-20-7-4-5-13-10-9(17(18)19)11(16-12)15-8-14-10/h8H,2-7,12H2,1H3,(H2,13,14,15,16). The summed E-state index contributed by atoms with van der Waals surface area (Å²) in [5.41, 5.74) is 1.92. The number of nitro groups is 1. The van der Waals surface area contributed by atoms with Crippen LogP contribution in [0.4, 0.5) is 17.3 Å². The SMILES string of the molecule is CCCCOCCCNc1ncnc(NN)c1[N+](=O)[O-]. The summed E-state index contributed by atoms with van der Waals surface area (Å²) in [6.07, 6.45) is 4.08. The minimum Gasteiger partial charge on any atom is -0.381 e. The van der Waals surface area contributed by atoms with Gasteiger partial charge in [-0.25, -0.2) is 15.8 Å². The van der Waals surface area contributed by atoms with Gasteiger partial charge in [0.1, 0.15) is 6.33 Å². The molecule has 20 heavy (non-hydrogen) atoms. The van der Waals surface area contributed by atoms with E-state index in [-0.39, 0.29) is 17.3 Å². The second-order valence-electron chi connectivity index (χ2n) is 4.07. The van der Waals surface area contributed by atoms with Crippen molar-refractivity contribution in [3.05, 3.63) is 16.4 Å². The number of hydrazine groups is 1. The average Bonchev–Trinajstić information content (AvgIpc) is 2.45. The molecule has 0 aromatic carbocycles. The Morgan fingerprint density at radius 2 is 2.05 bits per heavy atom. The Morgan fingerprint density at radius 1 is 1.35 bits per heavy atom. The number of nitrogens with zero attached hydrogens (tertiary/aromatic N) is 3. The fraction of sp³-hybridized carbons (Fsp3) is 0.636. The Labute approximate surface area is 117 Å². The molecule has 1 rings (SSSR count). The molecular weight excluding hydrogens is 264 g/mol. The maximum Gasteiger partial charge on any atom is 0.354 e. The molecule has 0 aliphatic heterocycles. The first-order chi connectivity index (χ1) is 9.70. The van der Waals surface area contributed by atoms with E-state index in [0.29, 0.717) is 13.2 Å². The van der Waals surface area contributed by atoms with Crippen LogP contribution in [-0.4, -0.2) is 34.6 Å².